The van der Waals surface area contributed by atoms with Gasteiger partial charge in [0.15, 0.2) is 17.0 Å². The van der Waals surface area contributed by atoms with Crippen LogP contribution in [0, 0.1) is 5.92 Å². The van der Waals surface area contributed by atoms with E-state index in [-0.39, 0.29) is 63.1 Å². The Kier molecular flexibility index (Phi) is 8.97. The largest absolute Gasteiger partial charge is 0.414 e. The number of imidazole rings is 1. The van der Waals surface area contributed by atoms with Crippen molar-refractivity contribution in [1.82, 2.24) is 19.5 Å². The van der Waals surface area contributed by atoms with E-state index >= 15 is 0 Å². The highest BCUT2D eigenvalue weighted by atomic mass is 35.5. The second-order valence-electron chi connectivity index (χ2n) is 12.2. The summed E-state index contributed by atoms with van der Waals surface area (Å²) in [6, 6.07) is 0. The lowest BCUT2D eigenvalue weighted by atomic mass is 10.1. The van der Waals surface area contributed by atoms with Gasteiger partial charge in [0, 0.05) is 5.92 Å². The molecule has 4 heterocycles. The summed E-state index contributed by atoms with van der Waals surface area (Å²) in [5.74, 6) is -0.777. The van der Waals surface area contributed by atoms with Gasteiger partial charge in [-0.25, -0.2) is 4.98 Å². The Hall–Kier alpha value is -1.75. The first-order valence-corrected chi connectivity index (χ1v) is 18.4. The highest BCUT2D eigenvalue weighted by molar-refractivity contribution is 6.84. The molecule has 0 spiro atoms. The van der Waals surface area contributed by atoms with E-state index in [9.17, 15) is 9.59 Å². The Morgan fingerprint density at radius 2 is 1.60 bits per heavy atom. The number of anilines is 1. The minimum absolute atomic E-state index is 0.0260. The summed E-state index contributed by atoms with van der Waals surface area (Å²) < 4.78 is 28.7. The van der Waals surface area contributed by atoms with E-state index in [4.69, 9.17) is 29.3 Å². The van der Waals surface area contributed by atoms with Crippen molar-refractivity contribution < 1.29 is 27.3 Å². The van der Waals surface area contributed by atoms with Gasteiger partial charge in [0.2, 0.25) is 17.6 Å². The Balaban J connectivity index is 1.76. The van der Waals surface area contributed by atoms with Gasteiger partial charge in [-0.3, -0.25) is 19.5 Å². The molecule has 1 N–H and O–H groups in total. The molecule has 0 radical (unpaired) electrons. The fraction of sp³-hybridized carbons (Fsp3) is 0.731. The number of carbonyl (C=O) groups is 2. The summed E-state index contributed by atoms with van der Waals surface area (Å²) in [5.41, 5.74) is 1.04. The van der Waals surface area contributed by atoms with Gasteiger partial charge in [-0.1, -0.05) is 80.8 Å². The molecular weight excluding hydrogens is 570 g/mol. The van der Waals surface area contributed by atoms with Crippen LogP contribution >= 0.6 is 11.6 Å². The molecule has 2 fully saturated rings. The van der Waals surface area contributed by atoms with Crippen LogP contribution in [0.25, 0.3) is 11.2 Å². The number of halogens is 1. The van der Waals surface area contributed by atoms with E-state index in [2.05, 4.69) is 75.7 Å². The van der Waals surface area contributed by atoms with Crippen molar-refractivity contribution in [3.05, 3.63) is 11.5 Å². The molecule has 2 saturated heterocycles. The van der Waals surface area contributed by atoms with Crippen LogP contribution < -0.4 is 5.32 Å². The van der Waals surface area contributed by atoms with Gasteiger partial charge in [0.25, 0.3) is 0 Å². The third-order valence-electron chi connectivity index (χ3n) is 7.88. The lowest BCUT2D eigenvalue weighted by Crippen LogP contribution is -2.65. The quantitative estimate of drug-likeness (QED) is 0.319. The van der Waals surface area contributed by atoms with Crippen molar-refractivity contribution in [3.8, 4) is 0 Å². The zero-order valence-corrected chi connectivity index (χ0v) is 27.8. The second kappa shape index (κ2) is 11.5. The molecule has 2 aromatic rings. The number of fused-ring (bicyclic) bond motifs is 2. The first-order valence-electron chi connectivity index (χ1n) is 14.1. The number of hydrogen-bond acceptors (Lipinski definition) is 9. The summed E-state index contributed by atoms with van der Waals surface area (Å²) in [6.07, 6.45) is -1.12. The van der Waals surface area contributed by atoms with E-state index in [0.717, 1.165) is 0 Å². The number of nitrogens with zero attached hydrogens (tertiary/aromatic N) is 4. The molecule has 0 unspecified atom stereocenters. The highest BCUT2D eigenvalue weighted by Crippen LogP contribution is 2.47. The van der Waals surface area contributed by atoms with Gasteiger partial charge in [-0.2, -0.15) is 9.97 Å². The Bertz CT molecular complexity index is 1250. The third-order valence-corrected chi connectivity index (χ3v) is 18.4. The first kappa shape index (κ1) is 31.2. The van der Waals surface area contributed by atoms with E-state index in [1.165, 1.54) is 10.9 Å². The maximum Gasteiger partial charge on any atom is 0.335 e. The van der Waals surface area contributed by atoms with Crippen molar-refractivity contribution >= 4 is 57.5 Å². The van der Waals surface area contributed by atoms with Gasteiger partial charge < -0.3 is 17.7 Å². The summed E-state index contributed by atoms with van der Waals surface area (Å²) in [6.45, 7) is 20.7. The highest BCUT2D eigenvalue weighted by Gasteiger charge is 2.61. The molecule has 2 aromatic heterocycles. The molecule has 14 heteroatoms. The second-order valence-corrected chi connectivity index (χ2v) is 21.5. The minimum Gasteiger partial charge on any atom is -0.414 e. The normalized spacial score (nSPS) is 24.8. The standard InChI is InChI=1S/C26H42ClN5O6Si2/c1-13(2)24(34)31-26-29-22(27)19-23(30-26)32(12-28-19)25-20(33)21-18(36-25)11-35-39(14(3)4,15(5)6)38-40(37-21,16(7)8)17(9)10/h12-18,21,25H,11H2,1-10H3,(H,29,30,31,34)/t18-,21-,25-/m1/s1. The Morgan fingerprint density at radius 1 is 1.00 bits per heavy atom. The molecule has 11 nitrogen and oxygen atoms in total. The predicted molar refractivity (Wildman–Crippen MR) is 157 cm³/mol. The number of rotatable bonds is 7. The van der Waals surface area contributed by atoms with Crippen LogP contribution in [-0.4, -0.2) is 67.1 Å². The third kappa shape index (κ3) is 5.29. The molecule has 3 atom stereocenters. The van der Waals surface area contributed by atoms with Crippen LogP contribution in [0.5, 0.6) is 0 Å². The molecule has 4 rings (SSSR count). The van der Waals surface area contributed by atoms with Crippen LogP contribution in [0.15, 0.2) is 6.33 Å². The lowest BCUT2D eigenvalue weighted by molar-refractivity contribution is -0.130. The van der Waals surface area contributed by atoms with E-state index in [1.807, 2.05) is 0 Å². The van der Waals surface area contributed by atoms with Crippen molar-refractivity contribution in [1.29, 1.82) is 0 Å². The Labute approximate surface area is 243 Å². The molecule has 1 amide bonds. The number of amides is 1. The summed E-state index contributed by atoms with van der Waals surface area (Å²) in [7, 11) is -5.79. The van der Waals surface area contributed by atoms with E-state index < -0.39 is 35.6 Å². The predicted octanol–water partition coefficient (Wildman–Crippen LogP) is 5.50. The maximum absolute atomic E-state index is 14.0. The lowest BCUT2D eigenvalue weighted by Gasteiger charge is -2.50. The van der Waals surface area contributed by atoms with Crippen LogP contribution in [0.4, 0.5) is 5.95 Å². The first-order chi connectivity index (χ1) is 18.6. The number of aromatic nitrogens is 4. The maximum atomic E-state index is 14.0. The smallest absolute Gasteiger partial charge is 0.335 e. The van der Waals surface area contributed by atoms with E-state index in [1.54, 1.807) is 13.8 Å². The van der Waals surface area contributed by atoms with E-state index in [0.29, 0.717) is 5.52 Å². The molecule has 0 aromatic carbocycles. The van der Waals surface area contributed by atoms with Gasteiger partial charge in [0.1, 0.15) is 17.7 Å². The Morgan fingerprint density at radius 3 is 2.15 bits per heavy atom. The van der Waals surface area contributed by atoms with Crippen LogP contribution in [0.2, 0.25) is 27.3 Å². The van der Waals surface area contributed by atoms with Crippen molar-refractivity contribution in [2.75, 3.05) is 11.9 Å². The number of ether oxygens (including phenoxy) is 1. The summed E-state index contributed by atoms with van der Waals surface area (Å²) in [4.78, 5) is 39.3. The zero-order valence-electron chi connectivity index (χ0n) is 25.0. The van der Waals surface area contributed by atoms with Gasteiger partial charge in [0.05, 0.1) is 12.9 Å². The fourth-order valence-electron chi connectivity index (χ4n) is 5.58. The number of ketones is 1. The van der Waals surface area contributed by atoms with Crippen LogP contribution in [-0.2, 0) is 27.3 Å². The van der Waals surface area contributed by atoms with Gasteiger partial charge >= 0.3 is 17.1 Å². The SMILES string of the molecule is CC(C)C(=O)Nc1nc(Cl)c2ncn([C@@H]3O[C@@H]4CO[Si](C(C)C)(C(C)C)O[Si](C(C)C)(C(C)C)O[C@H]4C3=O)c2n1. The molecule has 2 aliphatic heterocycles. The van der Waals surface area contributed by atoms with Crippen molar-refractivity contribution in [2.45, 2.75) is 110 Å². The molecule has 40 heavy (non-hydrogen) atoms. The van der Waals surface area contributed by atoms with Crippen molar-refractivity contribution in [3.63, 3.8) is 0 Å². The molecule has 0 saturated carbocycles. The number of hydrogen-bond donors (Lipinski definition) is 1. The number of nitrogens with one attached hydrogen (secondary N) is 1. The zero-order chi connectivity index (χ0) is 29.7. The summed E-state index contributed by atoms with van der Waals surface area (Å²) >= 11 is 6.39. The molecule has 2 aliphatic rings. The number of Topliss-reactive ketones (excluding diaryl/α,β-unsaturated/α-hetero) is 1. The van der Waals surface area contributed by atoms with Crippen molar-refractivity contribution in [2.24, 2.45) is 5.92 Å². The monoisotopic (exact) mass is 611 g/mol. The average molecular weight is 612 g/mol. The minimum atomic E-state index is -3.01. The van der Waals surface area contributed by atoms with Crippen LogP contribution in [0.3, 0.4) is 0 Å². The molecule has 0 aliphatic carbocycles. The fourth-order valence-corrected chi connectivity index (χ4v) is 17.0. The molecular formula is C26H42ClN5O6Si2. The van der Waals surface area contributed by atoms with Gasteiger partial charge in [-0.15, -0.1) is 0 Å². The van der Waals surface area contributed by atoms with Crippen LogP contribution in [0.1, 0.15) is 75.5 Å². The molecule has 222 valence electrons. The molecule has 0 bridgehead atoms. The summed E-state index contributed by atoms with van der Waals surface area (Å²) in [5, 5.41) is 2.72. The topological polar surface area (TPSA) is 127 Å². The average Bonchev–Trinajstić information content (AvgIpc) is 3.39. The number of carbonyl (C=O) groups excluding carboxylic acids is 2. The van der Waals surface area contributed by atoms with Gasteiger partial charge in [-0.05, 0) is 22.2 Å².